The van der Waals surface area contributed by atoms with E-state index in [2.05, 4.69) is 0 Å². The van der Waals surface area contributed by atoms with Crippen molar-refractivity contribution in [2.45, 2.75) is 50.9 Å². The predicted molar refractivity (Wildman–Crippen MR) is 56.6 cm³/mol. The van der Waals surface area contributed by atoms with Crippen molar-refractivity contribution in [2.75, 3.05) is 0 Å². The van der Waals surface area contributed by atoms with Gasteiger partial charge in [0.05, 0.1) is 18.1 Å². The number of hydrogen-bond acceptors (Lipinski definition) is 3. The standard InChI is InChI=1S/C13H18O3/c1-6-9-10(13(14)15-6)12-8-5-3-2-4-7(8)11(9)16-12/h6-12H,2-5H2,1H3/t6-,7-,8+,9?,10+,11+,12-/m1/s1. The summed E-state index contributed by atoms with van der Waals surface area (Å²) >= 11 is 0. The Morgan fingerprint density at radius 3 is 2.56 bits per heavy atom. The van der Waals surface area contributed by atoms with Gasteiger partial charge in [0.2, 0.25) is 0 Å². The highest BCUT2D eigenvalue weighted by Gasteiger charge is 2.66. The first-order valence-electron chi connectivity index (χ1n) is 6.63. The van der Waals surface area contributed by atoms with Gasteiger partial charge in [-0.15, -0.1) is 0 Å². The van der Waals surface area contributed by atoms with Crippen molar-refractivity contribution in [3.63, 3.8) is 0 Å². The molecule has 1 unspecified atom stereocenters. The summed E-state index contributed by atoms with van der Waals surface area (Å²) in [6.45, 7) is 2.03. The van der Waals surface area contributed by atoms with Gasteiger partial charge in [-0.1, -0.05) is 12.8 Å². The first kappa shape index (κ1) is 9.46. The highest BCUT2D eigenvalue weighted by Crippen LogP contribution is 2.58. The number of cyclic esters (lactones) is 1. The third-order valence-corrected chi connectivity index (χ3v) is 5.30. The molecule has 0 aromatic carbocycles. The number of carbonyl (C=O) groups is 1. The lowest BCUT2D eigenvalue weighted by atomic mass is 9.63. The molecule has 1 saturated carbocycles. The molecule has 3 saturated heterocycles. The van der Waals surface area contributed by atoms with E-state index < -0.39 is 0 Å². The molecule has 3 aliphatic heterocycles. The summed E-state index contributed by atoms with van der Waals surface area (Å²) < 4.78 is 11.5. The Morgan fingerprint density at radius 1 is 1.12 bits per heavy atom. The van der Waals surface area contributed by atoms with E-state index in [9.17, 15) is 4.79 Å². The molecule has 3 heteroatoms. The Bertz CT molecular complexity index is 340. The minimum absolute atomic E-state index is 0.00836. The lowest BCUT2D eigenvalue weighted by Gasteiger charge is -2.36. The van der Waals surface area contributed by atoms with E-state index in [1.165, 1.54) is 25.7 Å². The molecule has 88 valence electrons. The van der Waals surface area contributed by atoms with Gasteiger partial charge in [0, 0.05) is 5.92 Å². The van der Waals surface area contributed by atoms with Crippen molar-refractivity contribution in [2.24, 2.45) is 23.7 Å². The second-order valence-corrected chi connectivity index (χ2v) is 5.92. The van der Waals surface area contributed by atoms with Crippen molar-refractivity contribution in [3.8, 4) is 0 Å². The summed E-state index contributed by atoms with van der Waals surface area (Å²) in [5.74, 6) is 1.81. The lowest BCUT2D eigenvalue weighted by Crippen LogP contribution is -2.42. The Morgan fingerprint density at radius 2 is 1.81 bits per heavy atom. The van der Waals surface area contributed by atoms with Crippen LogP contribution < -0.4 is 0 Å². The maximum Gasteiger partial charge on any atom is 0.312 e. The Balaban J connectivity index is 1.71. The summed E-state index contributed by atoms with van der Waals surface area (Å²) in [7, 11) is 0. The van der Waals surface area contributed by atoms with Crippen LogP contribution in [0.3, 0.4) is 0 Å². The third kappa shape index (κ3) is 0.963. The molecule has 2 bridgehead atoms. The van der Waals surface area contributed by atoms with Crippen LogP contribution in [-0.4, -0.2) is 24.3 Å². The molecule has 4 fully saturated rings. The zero-order valence-corrected chi connectivity index (χ0v) is 9.59. The van der Waals surface area contributed by atoms with Crippen LogP contribution >= 0.6 is 0 Å². The van der Waals surface area contributed by atoms with Crippen LogP contribution in [0, 0.1) is 23.7 Å². The molecule has 16 heavy (non-hydrogen) atoms. The Hall–Kier alpha value is -0.570. The van der Waals surface area contributed by atoms with Crippen LogP contribution in [0.1, 0.15) is 32.6 Å². The van der Waals surface area contributed by atoms with Crippen molar-refractivity contribution in [3.05, 3.63) is 0 Å². The summed E-state index contributed by atoms with van der Waals surface area (Å²) in [4.78, 5) is 11.8. The second kappa shape index (κ2) is 3.00. The molecule has 4 rings (SSSR count). The largest absolute Gasteiger partial charge is 0.462 e. The molecule has 7 atom stereocenters. The topological polar surface area (TPSA) is 35.5 Å². The van der Waals surface area contributed by atoms with Crippen molar-refractivity contribution < 1.29 is 14.3 Å². The Kier molecular flexibility index (Phi) is 1.78. The zero-order chi connectivity index (χ0) is 10.9. The third-order valence-electron chi connectivity index (χ3n) is 5.30. The number of esters is 1. The molecule has 0 amide bonds. The second-order valence-electron chi connectivity index (χ2n) is 5.92. The lowest BCUT2D eigenvalue weighted by molar-refractivity contribution is -0.147. The fourth-order valence-corrected chi connectivity index (χ4v) is 4.73. The van der Waals surface area contributed by atoms with E-state index in [-0.39, 0.29) is 24.1 Å². The minimum atomic E-state index is 0.00836. The van der Waals surface area contributed by atoms with Gasteiger partial charge in [-0.2, -0.15) is 0 Å². The maximum absolute atomic E-state index is 11.8. The summed E-state index contributed by atoms with van der Waals surface area (Å²) in [6, 6.07) is 0. The van der Waals surface area contributed by atoms with Crippen molar-refractivity contribution >= 4 is 5.97 Å². The molecule has 0 N–H and O–H groups in total. The van der Waals surface area contributed by atoms with Gasteiger partial charge in [-0.25, -0.2) is 0 Å². The van der Waals surface area contributed by atoms with Gasteiger partial charge in [-0.05, 0) is 31.6 Å². The molecule has 0 aromatic heterocycles. The molecule has 0 spiro atoms. The molecule has 3 heterocycles. The van der Waals surface area contributed by atoms with Crippen molar-refractivity contribution in [1.82, 2.24) is 0 Å². The van der Waals surface area contributed by atoms with E-state index in [1.54, 1.807) is 0 Å². The van der Waals surface area contributed by atoms with E-state index >= 15 is 0 Å². The number of carbonyl (C=O) groups excluding carboxylic acids is 1. The van der Waals surface area contributed by atoms with Crippen LogP contribution in [0.25, 0.3) is 0 Å². The number of ether oxygens (including phenoxy) is 2. The summed E-state index contributed by atoms with van der Waals surface area (Å²) in [5, 5.41) is 0. The zero-order valence-electron chi connectivity index (χ0n) is 9.59. The van der Waals surface area contributed by atoms with Gasteiger partial charge in [0.1, 0.15) is 6.10 Å². The molecule has 1 aliphatic carbocycles. The Labute approximate surface area is 95.5 Å². The van der Waals surface area contributed by atoms with Crippen LogP contribution in [0.4, 0.5) is 0 Å². The van der Waals surface area contributed by atoms with E-state index in [4.69, 9.17) is 9.47 Å². The number of hydrogen-bond donors (Lipinski definition) is 0. The van der Waals surface area contributed by atoms with E-state index in [0.717, 1.165) is 5.92 Å². The first-order valence-corrected chi connectivity index (χ1v) is 6.63. The molecule has 4 aliphatic rings. The van der Waals surface area contributed by atoms with Gasteiger partial charge in [-0.3, -0.25) is 4.79 Å². The van der Waals surface area contributed by atoms with Crippen LogP contribution in [0.15, 0.2) is 0 Å². The molecular weight excluding hydrogens is 204 g/mol. The maximum atomic E-state index is 11.8. The van der Waals surface area contributed by atoms with Crippen LogP contribution in [-0.2, 0) is 14.3 Å². The van der Waals surface area contributed by atoms with E-state index in [0.29, 0.717) is 17.9 Å². The SMILES string of the molecule is C[C@H]1OC(=O)[C@H]2C1[C@H]1O[C@@H]2[C@H]2CCCC[C@H]21. The monoisotopic (exact) mass is 222 g/mol. The molecule has 3 nitrogen and oxygen atoms in total. The van der Waals surface area contributed by atoms with E-state index in [1.807, 2.05) is 6.92 Å². The van der Waals surface area contributed by atoms with Crippen molar-refractivity contribution in [1.29, 1.82) is 0 Å². The molecule has 0 radical (unpaired) electrons. The fourth-order valence-electron chi connectivity index (χ4n) is 4.73. The average Bonchev–Trinajstić information content (AvgIpc) is 2.91. The average molecular weight is 222 g/mol. The number of fused-ring (bicyclic) bond motifs is 8. The summed E-state index contributed by atoms with van der Waals surface area (Å²) in [5.41, 5.74) is 0. The highest BCUT2D eigenvalue weighted by molar-refractivity contribution is 5.77. The first-order chi connectivity index (χ1) is 7.77. The van der Waals surface area contributed by atoms with Crippen LogP contribution in [0.5, 0.6) is 0 Å². The van der Waals surface area contributed by atoms with Gasteiger partial charge in [0.25, 0.3) is 0 Å². The van der Waals surface area contributed by atoms with Gasteiger partial charge < -0.3 is 9.47 Å². The predicted octanol–water partition coefficient (Wildman–Crippen LogP) is 1.75. The van der Waals surface area contributed by atoms with Gasteiger partial charge in [0.15, 0.2) is 0 Å². The summed E-state index contributed by atoms with van der Waals surface area (Å²) in [6.07, 6.45) is 5.81. The van der Waals surface area contributed by atoms with Gasteiger partial charge >= 0.3 is 5.97 Å². The fraction of sp³-hybridized carbons (Fsp3) is 0.923. The normalized spacial score (nSPS) is 58.3. The molecular formula is C13H18O3. The number of rotatable bonds is 0. The van der Waals surface area contributed by atoms with Crippen LogP contribution in [0.2, 0.25) is 0 Å². The smallest absolute Gasteiger partial charge is 0.312 e. The quantitative estimate of drug-likeness (QED) is 0.586. The minimum Gasteiger partial charge on any atom is -0.462 e. The molecule has 0 aromatic rings. The highest BCUT2D eigenvalue weighted by atomic mass is 16.6.